The molecule has 1 heterocycles. The molecule has 0 radical (unpaired) electrons. The van der Waals surface area contributed by atoms with Gasteiger partial charge in [0.2, 0.25) is 0 Å². The van der Waals surface area contributed by atoms with Crippen molar-refractivity contribution in [1.82, 2.24) is 15.5 Å². The highest BCUT2D eigenvalue weighted by Crippen LogP contribution is 2.22. The van der Waals surface area contributed by atoms with Gasteiger partial charge in [-0.05, 0) is 49.5 Å². The van der Waals surface area contributed by atoms with Crippen molar-refractivity contribution in [2.75, 3.05) is 19.6 Å². The second-order valence-corrected chi connectivity index (χ2v) is 6.76. The lowest BCUT2D eigenvalue weighted by molar-refractivity contribution is 0.161. The van der Waals surface area contributed by atoms with Crippen LogP contribution in [0.3, 0.4) is 0 Å². The van der Waals surface area contributed by atoms with Crippen LogP contribution in [0.25, 0.3) is 0 Å². The van der Waals surface area contributed by atoms with Crippen LogP contribution in [0.1, 0.15) is 50.7 Å². The number of benzene rings is 1. The first-order valence-corrected chi connectivity index (χ1v) is 9.42. The third-order valence-electron chi connectivity index (χ3n) is 5.21. The zero-order chi connectivity index (χ0) is 18.1. The van der Waals surface area contributed by atoms with E-state index in [-0.39, 0.29) is 6.03 Å². The maximum Gasteiger partial charge on any atom is 0.315 e. The van der Waals surface area contributed by atoms with E-state index in [4.69, 9.17) is 5.26 Å². The van der Waals surface area contributed by atoms with Gasteiger partial charge in [0.05, 0.1) is 11.6 Å². The Morgan fingerprint density at radius 1 is 1.16 bits per heavy atom. The molecule has 0 spiro atoms. The van der Waals surface area contributed by atoms with Crippen molar-refractivity contribution in [2.45, 2.75) is 52.1 Å². The predicted octanol–water partition coefficient (Wildman–Crippen LogP) is 3.26. The Bertz CT molecular complexity index is 566. The van der Waals surface area contributed by atoms with E-state index in [0.717, 1.165) is 31.5 Å². The van der Waals surface area contributed by atoms with Gasteiger partial charge in [-0.3, -0.25) is 4.90 Å². The number of urea groups is 1. The quantitative estimate of drug-likeness (QED) is 0.762. The molecule has 0 saturated carbocycles. The number of amides is 2. The molecule has 5 nitrogen and oxygen atoms in total. The van der Waals surface area contributed by atoms with Crippen molar-refractivity contribution in [2.24, 2.45) is 5.92 Å². The minimum Gasteiger partial charge on any atom is -0.337 e. The highest BCUT2D eigenvalue weighted by atomic mass is 16.2. The minimum atomic E-state index is -0.125. The van der Waals surface area contributed by atoms with Gasteiger partial charge < -0.3 is 10.6 Å². The summed E-state index contributed by atoms with van der Waals surface area (Å²) in [5.74, 6) is 0.622. The number of rotatable bonds is 8. The minimum absolute atomic E-state index is 0.125. The van der Waals surface area contributed by atoms with Gasteiger partial charge in [0.15, 0.2) is 0 Å². The van der Waals surface area contributed by atoms with E-state index in [9.17, 15) is 4.79 Å². The van der Waals surface area contributed by atoms with Crippen molar-refractivity contribution in [1.29, 1.82) is 5.26 Å². The molecular weight excluding hydrogens is 312 g/mol. The summed E-state index contributed by atoms with van der Waals surface area (Å²) >= 11 is 0. The van der Waals surface area contributed by atoms with Crippen molar-refractivity contribution < 1.29 is 4.79 Å². The van der Waals surface area contributed by atoms with Crippen molar-refractivity contribution in [3.63, 3.8) is 0 Å². The number of hydrogen-bond acceptors (Lipinski definition) is 3. The molecule has 25 heavy (non-hydrogen) atoms. The first-order valence-electron chi connectivity index (χ1n) is 9.42. The Hall–Kier alpha value is -2.06. The fraction of sp³-hybridized carbons (Fsp3) is 0.600. The van der Waals surface area contributed by atoms with Crippen molar-refractivity contribution >= 4 is 6.03 Å². The fourth-order valence-electron chi connectivity index (χ4n) is 3.64. The predicted molar refractivity (Wildman–Crippen MR) is 100 cm³/mol. The summed E-state index contributed by atoms with van der Waals surface area (Å²) in [5, 5.41) is 14.8. The molecule has 1 aromatic carbocycles. The molecule has 1 saturated heterocycles. The fourth-order valence-corrected chi connectivity index (χ4v) is 3.64. The summed E-state index contributed by atoms with van der Waals surface area (Å²) in [6.45, 7) is 7.94. The summed E-state index contributed by atoms with van der Waals surface area (Å²) < 4.78 is 0. The molecule has 1 aromatic rings. The van der Waals surface area contributed by atoms with Crippen LogP contribution >= 0.6 is 0 Å². The number of nitrogens with one attached hydrogen (secondary N) is 2. The van der Waals surface area contributed by atoms with E-state index in [1.807, 2.05) is 12.1 Å². The number of likely N-dealkylation sites (tertiary alicyclic amines) is 1. The van der Waals surface area contributed by atoms with Gasteiger partial charge in [-0.2, -0.15) is 5.26 Å². The molecule has 1 fully saturated rings. The van der Waals surface area contributed by atoms with Gasteiger partial charge >= 0.3 is 6.03 Å². The van der Waals surface area contributed by atoms with Gasteiger partial charge in [-0.15, -0.1) is 0 Å². The van der Waals surface area contributed by atoms with Crippen LogP contribution in [0.5, 0.6) is 0 Å². The standard InChI is InChI=1S/C20H30N4O/c1-3-18(4-2)19(24-11-5-6-12-24)15-23-20(25)22-14-17-9-7-16(13-21)8-10-17/h7-10,18-19H,3-6,11-12,14-15H2,1-2H3,(H2,22,23,25). The van der Waals surface area contributed by atoms with E-state index >= 15 is 0 Å². The van der Waals surface area contributed by atoms with Crippen molar-refractivity contribution in [3.05, 3.63) is 35.4 Å². The van der Waals surface area contributed by atoms with E-state index < -0.39 is 0 Å². The van der Waals surface area contributed by atoms with Gasteiger partial charge in [-0.25, -0.2) is 4.79 Å². The summed E-state index contributed by atoms with van der Waals surface area (Å²) in [4.78, 5) is 14.7. The normalized spacial score (nSPS) is 15.8. The smallest absolute Gasteiger partial charge is 0.315 e. The lowest BCUT2D eigenvalue weighted by Gasteiger charge is -2.33. The summed E-state index contributed by atoms with van der Waals surface area (Å²) in [7, 11) is 0. The van der Waals surface area contributed by atoms with Gasteiger partial charge in [0, 0.05) is 19.1 Å². The average molecular weight is 342 g/mol. The monoisotopic (exact) mass is 342 g/mol. The highest BCUT2D eigenvalue weighted by molar-refractivity contribution is 5.73. The summed E-state index contributed by atoms with van der Waals surface area (Å²) in [6, 6.07) is 9.68. The third-order valence-corrected chi connectivity index (χ3v) is 5.21. The van der Waals surface area contributed by atoms with E-state index in [1.54, 1.807) is 12.1 Å². The highest BCUT2D eigenvalue weighted by Gasteiger charge is 2.27. The largest absolute Gasteiger partial charge is 0.337 e. The molecule has 2 amide bonds. The summed E-state index contributed by atoms with van der Waals surface area (Å²) in [6.07, 6.45) is 4.82. The van der Waals surface area contributed by atoms with Crippen LogP contribution in [-0.2, 0) is 6.54 Å². The Balaban J connectivity index is 1.82. The number of hydrogen-bond donors (Lipinski definition) is 2. The molecular formula is C20H30N4O. The van der Waals surface area contributed by atoms with Gasteiger partial charge in [0.25, 0.3) is 0 Å². The van der Waals surface area contributed by atoms with Gasteiger partial charge in [-0.1, -0.05) is 38.8 Å². The number of nitrogens with zero attached hydrogens (tertiary/aromatic N) is 2. The lowest BCUT2D eigenvalue weighted by Crippen LogP contribution is -2.48. The molecule has 2 rings (SSSR count). The molecule has 5 heteroatoms. The van der Waals surface area contributed by atoms with E-state index in [0.29, 0.717) is 30.6 Å². The first kappa shape index (κ1) is 19.3. The summed E-state index contributed by atoms with van der Waals surface area (Å²) in [5.41, 5.74) is 1.62. The van der Waals surface area contributed by atoms with Crippen molar-refractivity contribution in [3.8, 4) is 6.07 Å². The van der Waals surface area contributed by atoms with Crippen LogP contribution in [0, 0.1) is 17.2 Å². The zero-order valence-corrected chi connectivity index (χ0v) is 15.4. The second-order valence-electron chi connectivity index (χ2n) is 6.76. The Morgan fingerprint density at radius 2 is 1.80 bits per heavy atom. The molecule has 0 aromatic heterocycles. The molecule has 0 bridgehead atoms. The average Bonchev–Trinajstić information content (AvgIpc) is 3.18. The Labute approximate surface area is 151 Å². The second kappa shape index (κ2) is 10.0. The zero-order valence-electron chi connectivity index (χ0n) is 15.4. The Kier molecular flexibility index (Phi) is 7.75. The molecule has 1 aliphatic heterocycles. The van der Waals surface area contributed by atoms with E-state index in [1.165, 1.54) is 12.8 Å². The maximum atomic E-state index is 12.2. The number of carbonyl (C=O) groups is 1. The number of carbonyl (C=O) groups excluding carboxylic acids is 1. The SMILES string of the molecule is CCC(CC)C(CNC(=O)NCc1ccc(C#N)cc1)N1CCCC1. The molecule has 1 atom stereocenters. The topological polar surface area (TPSA) is 68.2 Å². The molecule has 136 valence electrons. The van der Waals surface area contributed by atoms with E-state index in [2.05, 4.69) is 35.5 Å². The van der Waals surface area contributed by atoms with Crippen LogP contribution in [0.15, 0.2) is 24.3 Å². The van der Waals surface area contributed by atoms with Crippen LogP contribution in [0.2, 0.25) is 0 Å². The lowest BCUT2D eigenvalue weighted by atomic mass is 9.93. The van der Waals surface area contributed by atoms with Gasteiger partial charge in [0.1, 0.15) is 0 Å². The Morgan fingerprint density at radius 3 is 2.36 bits per heavy atom. The molecule has 1 aliphatic rings. The van der Waals surface area contributed by atoms with Crippen LogP contribution in [-0.4, -0.2) is 36.6 Å². The maximum absolute atomic E-state index is 12.2. The third kappa shape index (κ3) is 5.75. The molecule has 1 unspecified atom stereocenters. The van der Waals surface area contributed by atoms with Crippen LogP contribution < -0.4 is 10.6 Å². The first-order chi connectivity index (χ1) is 12.2. The number of nitriles is 1. The van der Waals surface area contributed by atoms with Crippen LogP contribution in [0.4, 0.5) is 4.79 Å². The molecule has 2 N–H and O–H groups in total. The molecule has 0 aliphatic carbocycles.